The first-order chi connectivity index (χ1) is 12.2. The third-order valence-corrected chi connectivity index (χ3v) is 6.77. The summed E-state index contributed by atoms with van der Waals surface area (Å²) in [6.45, 7) is 2.28. The highest BCUT2D eigenvalue weighted by molar-refractivity contribution is 5.32. The van der Waals surface area contributed by atoms with Gasteiger partial charge >= 0.3 is 0 Å². The fourth-order valence-corrected chi connectivity index (χ4v) is 5.05. The molecule has 0 aromatic heterocycles. The molecule has 1 aromatic rings. The van der Waals surface area contributed by atoms with E-state index in [1.54, 1.807) is 6.07 Å². The van der Waals surface area contributed by atoms with Gasteiger partial charge in [0.25, 0.3) is 0 Å². The van der Waals surface area contributed by atoms with Gasteiger partial charge in [-0.05, 0) is 60.6 Å². The number of hydrogen-bond acceptors (Lipinski definition) is 0. The van der Waals surface area contributed by atoms with E-state index in [4.69, 9.17) is 0 Å². The quantitative estimate of drug-likeness (QED) is 0.456. The molecule has 0 N–H and O–H groups in total. The molecule has 0 heterocycles. The van der Waals surface area contributed by atoms with Gasteiger partial charge in [-0.25, -0.2) is 8.78 Å². The number of halogens is 2. The topological polar surface area (TPSA) is 0 Å². The molecule has 2 heteroatoms. The van der Waals surface area contributed by atoms with Gasteiger partial charge in [0.2, 0.25) is 0 Å². The van der Waals surface area contributed by atoms with Crippen LogP contribution in [0.5, 0.6) is 0 Å². The van der Waals surface area contributed by atoms with Crippen molar-refractivity contribution in [1.82, 2.24) is 0 Å². The Kier molecular flexibility index (Phi) is 6.90. The molecule has 1 fully saturated rings. The number of benzene rings is 1. The van der Waals surface area contributed by atoms with E-state index in [0.29, 0.717) is 11.5 Å². The van der Waals surface area contributed by atoms with Gasteiger partial charge in [0.05, 0.1) is 0 Å². The Bertz CT molecular complexity index is 543. The zero-order valence-electron chi connectivity index (χ0n) is 15.8. The van der Waals surface area contributed by atoms with Gasteiger partial charge in [0.15, 0.2) is 11.6 Å². The van der Waals surface area contributed by atoms with E-state index in [0.717, 1.165) is 36.7 Å². The van der Waals surface area contributed by atoms with E-state index in [1.165, 1.54) is 70.3 Å². The Balaban J connectivity index is 1.41. The summed E-state index contributed by atoms with van der Waals surface area (Å²) in [5.41, 5.74) is 1.69. The van der Waals surface area contributed by atoms with Crippen molar-refractivity contribution >= 4 is 0 Å². The molecule has 1 aromatic carbocycles. The predicted molar refractivity (Wildman–Crippen MR) is 101 cm³/mol. The van der Waals surface area contributed by atoms with Gasteiger partial charge in [-0.2, -0.15) is 0 Å². The number of unbranched alkanes of at least 4 members (excludes halogenated alkanes) is 2. The van der Waals surface area contributed by atoms with Crippen LogP contribution in [0.2, 0.25) is 0 Å². The summed E-state index contributed by atoms with van der Waals surface area (Å²) in [6.07, 6.45) is 16.5. The van der Waals surface area contributed by atoms with Crippen LogP contribution in [0.3, 0.4) is 0 Å². The van der Waals surface area contributed by atoms with Crippen LogP contribution in [0.15, 0.2) is 12.1 Å². The lowest BCUT2D eigenvalue weighted by molar-refractivity contribution is 0.233. The largest absolute Gasteiger partial charge is 0.204 e. The molecule has 25 heavy (non-hydrogen) atoms. The molecule has 0 bridgehead atoms. The van der Waals surface area contributed by atoms with Crippen molar-refractivity contribution in [2.45, 2.75) is 90.4 Å². The Hall–Kier alpha value is -0.920. The lowest BCUT2D eigenvalue weighted by atomic mass is 9.75. The van der Waals surface area contributed by atoms with Gasteiger partial charge in [0.1, 0.15) is 0 Å². The number of fused-ring (bicyclic) bond motifs is 1. The minimum Gasteiger partial charge on any atom is -0.204 e. The van der Waals surface area contributed by atoms with E-state index in [1.807, 2.05) is 0 Å². The molecule has 2 aliphatic rings. The van der Waals surface area contributed by atoms with Gasteiger partial charge in [-0.15, -0.1) is 0 Å². The number of hydrogen-bond donors (Lipinski definition) is 0. The SMILES string of the molecule is CCCCCC1CCC(CCC2CCc3ccc(F)c(F)c3C2)CC1. The first kappa shape index (κ1) is 18.9. The molecule has 1 saturated carbocycles. The minimum absolute atomic E-state index is 0.547. The van der Waals surface area contributed by atoms with E-state index >= 15 is 0 Å². The molecule has 2 aliphatic carbocycles. The van der Waals surface area contributed by atoms with Gasteiger partial charge in [-0.1, -0.05) is 70.8 Å². The first-order valence-electron chi connectivity index (χ1n) is 10.6. The van der Waals surface area contributed by atoms with Crippen LogP contribution in [0.4, 0.5) is 8.78 Å². The number of rotatable bonds is 7. The normalized spacial score (nSPS) is 26.4. The summed E-state index contributed by atoms with van der Waals surface area (Å²) < 4.78 is 27.5. The standard InChI is InChI=1S/C23H34F2/c1-2-3-4-5-17-6-8-18(9-7-17)10-11-19-12-13-20-14-15-22(24)23(25)21(20)16-19/h14-15,17-19H,2-13,16H2,1H3. The molecule has 0 nitrogen and oxygen atoms in total. The molecule has 1 atom stereocenters. The van der Waals surface area contributed by atoms with E-state index < -0.39 is 11.6 Å². The maximum absolute atomic E-state index is 14.0. The highest BCUT2D eigenvalue weighted by Crippen LogP contribution is 2.37. The summed E-state index contributed by atoms with van der Waals surface area (Å²) in [5.74, 6) is 1.13. The van der Waals surface area contributed by atoms with Crippen LogP contribution >= 0.6 is 0 Å². The second kappa shape index (κ2) is 9.14. The second-order valence-corrected chi connectivity index (χ2v) is 8.57. The highest BCUT2D eigenvalue weighted by atomic mass is 19.2. The van der Waals surface area contributed by atoms with Crippen LogP contribution < -0.4 is 0 Å². The van der Waals surface area contributed by atoms with Crippen molar-refractivity contribution in [3.05, 3.63) is 34.9 Å². The van der Waals surface area contributed by atoms with Gasteiger partial charge in [0, 0.05) is 0 Å². The first-order valence-corrected chi connectivity index (χ1v) is 10.6. The second-order valence-electron chi connectivity index (χ2n) is 8.57. The zero-order chi connectivity index (χ0) is 17.6. The van der Waals surface area contributed by atoms with Crippen LogP contribution in [0.1, 0.15) is 88.7 Å². The molecule has 1 unspecified atom stereocenters. The fourth-order valence-electron chi connectivity index (χ4n) is 5.05. The smallest absolute Gasteiger partial charge is 0.162 e. The molecular weight excluding hydrogens is 314 g/mol. The molecule has 0 radical (unpaired) electrons. The molecule has 0 aliphatic heterocycles. The average Bonchev–Trinajstić information content (AvgIpc) is 2.64. The maximum atomic E-state index is 14.0. The van der Waals surface area contributed by atoms with Crippen LogP contribution in [0, 0.1) is 29.4 Å². The monoisotopic (exact) mass is 348 g/mol. The fraction of sp³-hybridized carbons (Fsp3) is 0.739. The van der Waals surface area contributed by atoms with Crippen molar-refractivity contribution in [2.75, 3.05) is 0 Å². The highest BCUT2D eigenvalue weighted by Gasteiger charge is 2.25. The maximum Gasteiger partial charge on any atom is 0.162 e. The van der Waals surface area contributed by atoms with Crippen molar-refractivity contribution in [2.24, 2.45) is 17.8 Å². The van der Waals surface area contributed by atoms with Crippen LogP contribution in [-0.2, 0) is 12.8 Å². The summed E-state index contributed by atoms with van der Waals surface area (Å²) in [6, 6.07) is 3.07. The number of aryl methyl sites for hydroxylation is 1. The summed E-state index contributed by atoms with van der Waals surface area (Å²) >= 11 is 0. The molecule has 140 valence electrons. The third kappa shape index (κ3) is 5.05. The lowest BCUT2D eigenvalue weighted by Crippen LogP contribution is -2.19. The van der Waals surface area contributed by atoms with E-state index in [-0.39, 0.29) is 0 Å². The molecular formula is C23H34F2. The van der Waals surface area contributed by atoms with Crippen LogP contribution in [0.25, 0.3) is 0 Å². The van der Waals surface area contributed by atoms with Crippen molar-refractivity contribution < 1.29 is 8.78 Å². The summed E-state index contributed by atoms with van der Waals surface area (Å²) in [4.78, 5) is 0. The van der Waals surface area contributed by atoms with Gasteiger partial charge in [-0.3, -0.25) is 0 Å². The molecule has 0 spiro atoms. The predicted octanol–water partition coefficient (Wildman–Crippen LogP) is 7.24. The Morgan fingerprint density at radius 1 is 0.840 bits per heavy atom. The zero-order valence-corrected chi connectivity index (χ0v) is 15.8. The van der Waals surface area contributed by atoms with E-state index in [9.17, 15) is 8.78 Å². The van der Waals surface area contributed by atoms with Gasteiger partial charge < -0.3 is 0 Å². The van der Waals surface area contributed by atoms with Crippen molar-refractivity contribution in [3.63, 3.8) is 0 Å². The lowest BCUT2D eigenvalue weighted by Gasteiger charge is -2.31. The summed E-state index contributed by atoms with van der Waals surface area (Å²) in [5, 5.41) is 0. The third-order valence-electron chi connectivity index (χ3n) is 6.77. The Morgan fingerprint density at radius 3 is 2.24 bits per heavy atom. The van der Waals surface area contributed by atoms with Crippen molar-refractivity contribution in [3.8, 4) is 0 Å². The summed E-state index contributed by atoms with van der Waals surface area (Å²) in [7, 11) is 0. The molecule has 0 saturated heterocycles. The molecule has 3 rings (SSSR count). The Labute approximate surface area is 152 Å². The van der Waals surface area contributed by atoms with Crippen molar-refractivity contribution in [1.29, 1.82) is 0 Å². The van der Waals surface area contributed by atoms with Crippen LogP contribution in [-0.4, -0.2) is 0 Å². The Morgan fingerprint density at radius 2 is 1.52 bits per heavy atom. The van der Waals surface area contributed by atoms with E-state index in [2.05, 4.69) is 6.92 Å². The molecule has 0 amide bonds. The average molecular weight is 349 g/mol. The minimum atomic E-state index is -0.680.